The zero-order valence-electron chi connectivity index (χ0n) is 40.9. The summed E-state index contributed by atoms with van der Waals surface area (Å²) in [5, 5.41) is 65.9. The van der Waals surface area contributed by atoms with Crippen molar-refractivity contribution < 1.29 is 63.5 Å². The van der Waals surface area contributed by atoms with Crippen LogP contribution in [0.5, 0.6) is 0 Å². The third-order valence-corrected chi connectivity index (χ3v) is 14.3. The van der Waals surface area contributed by atoms with Crippen LogP contribution in [-0.4, -0.2) is 178 Å². The van der Waals surface area contributed by atoms with E-state index >= 15 is 0 Å². The number of aliphatic hydroxyl groups excluding tert-OH is 3. The van der Waals surface area contributed by atoms with Crippen LogP contribution in [0.1, 0.15) is 101 Å². The van der Waals surface area contributed by atoms with Gasteiger partial charge in [0.15, 0.2) is 12.6 Å². The predicted molar refractivity (Wildman–Crippen MR) is 246 cm³/mol. The first-order valence-corrected chi connectivity index (χ1v) is 23.7. The lowest BCUT2D eigenvalue weighted by Crippen LogP contribution is -2.60. The van der Waals surface area contributed by atoms with Gasteiger partial charge in [-0.1, -0.05) is 38.4 Å². The second kappa shape index (κ2) is 23.4. The molecule has 1 aromatic carbocycles. The van der Waals surface area contributed by atoms with Gasteiger partial charge in [0.05, 0.1) is 41.5 Å². The van der Waals surface area contributed by atoms with Crippen molar-refractivity contribution in [1.29, 1.82) is 0 Å². The molecule has 0 aliphatic carbocycles. The molecule has 3 aliphatic rings. The van der Waals surface area contributed by atoms with Crippen molar-refractivity contribution in [2.24, 2.45) is 17.8 Å². The van der Waals surface area contributed by atoms with Crippen LogP contribution in [-0.2, 0) is 33.2 Å². The summed E-state index contributed by atoms with van der Waals surface area (Å²) in [6.07, 6.45) is -8.63. The highest BCUT2D eigenvalue weighted by atomic mass is 35.5. The molecule has 0 spiro atoms. The lowest BCUT2D eigenvalue weighted by molar-refractivity contribution is -0.318. The number of halogens is 1. The van der Waals surface area contributed by atoms with Crippen LogP contribution in [0.25, 0.3) is 0 Å². The lowest BCUT2D eigenvalue weighted by atomic mass is 9.77. The van der Waals surface area contributed by atoms with Crippen molar-refractivity contribution >= 4 is 29.3 Å². The van der Waals surface area contributed by atoms with E-state index < -0.39 is 102 Å². The molecule has 65 heavy (non-hydrogen) atoms. The fourth-order valence-electron chi connectivity index (χ4n) is 10.1. The highest BCUT2D eigenvalue weighted by Gasteiger charge is 2.53. The maximum atomic E-state index is 14.5. The van der Waals surface area contributed by atoms with Gasteiger partial charge in [0.2, 0.25) is 0 Å². The number of likely N-dealkylation sites (N-methyl/N-ethyl adjacent to an activating group) is 1. The largest absolute Gasteiger partial charge is 0.459 e. The average molecular weight is 946 g/mol. The van der Waals surface area contributed by atoms with Crippen LogP contribution < -0.4 is 10.6 Å². The number of carbonyl (C=O) groups is 2. The first-order valence-electron chi connectivity index (χ1n) is 23.3. The van der Waals surface area contributed by atoms with E-state index in [4.69, 9.17) is 40.0 Å². The monoisotopic (exact) mass is 945 g/mol. The molecule has 4 rings (SSSR count). The number of methoxy groups -OCH3 is 1. The first-order chi connectivity index (χ1) is 30.3. The predicted octanol–water partition coefficient (Wildman–Crippen LogP) is 4.14. The summed E-state index contributed by atoms with van der Waals surface area (Å²) in [4.78, 5) is 31.2. The van der Waals surface area contributed by atoms with E-state index in [1.54, 1.807) is 72.7 Å². The Bertz CT molecular complexity index is 1680. The third kappa shape index (κ3) is 14.0. The van der Waals surface area contributed by atoms with Crippen molar-refractivity contribution in [1.82, 2.24) is 15.1 Å². The number of benzene rings is 1. The molecule has 3 heterocycles. The standard InChI is InChI=1S/C47H81ClN4O13/c1-14-35-47(10,59)39(54)30(6)52(20-16-19-49-44(57)50-33-18-15-17-32(48)22-33)25-26(2)23-45(8,58)41(65-43-37(53)34(51(11)12)21-27(3)61-43)28(4)38(29(5)42(56)63-35)64-36-24-46(9,60-13)40(55)31(7)62-36/h15,17-18,22,26-31,34-41,43,53-55,58-59H,14,16,19-21,23-25H2,1-13H3,(H2,49,50,57)/t26-,27-,28+,29-,30-,31+,34+,35-,36+,37-,38+,39-,40+,41-,43+,45-,46-,47-/m1/s1. The van der Waals surface area contributed by atoms with Gasteiger partial charge < -0.3 is 69.5 Å². The number of nitrogens with zero attached hydrogens (tertiary/aromatic N) is 2. The summed E-state index contributed by atoms with van der Waals surface area (Å²) in [7, 11) is 5.24. The van der Waals surface area contributed by atoms with E-state index in [0.29, 0.717) is 36.6 Å². The maximum Gasteiger partial charge on any atom is 0.319 e. The van der Waals surface area contributed by atoms with Crippen LogP contribution in [0.15, 0.2) is 24.3 Å². The Morgan fingerprint density at radius 3 is 2.29 bits per heavy atom. The van der Waals surface area contributed by atoms with Crippen molar-refractivity contribution in [3.05, 3.63) is 29.3 Å². The fraction of sp³-hybridized carbons (Fsp3) is 0.830. The Morgan fingerprint density at radius 2 is 1.68 bits per heavy atom. The van der Waals surface area contributed by atoms with E-state index in [0.717, 1.165) is 0 Å². The highest BCUT2D eigenvalue weighted by molar-refractivity contribution is 6.30. The van der Waals surface area contributed by atoms with Gasteiger partial charge in [-0.15, -0.1) is 0 Å². The van der Waals surface area contributed by atoms with Gasteiger partial charge in [-0.25, -0.2) is 4.79 Å². The number of ether oxygens (including phenoxy) is 6. The zero-order chi connectivity index (χ0) is 48.8. The Hall–Kier alpha value is -2.23. The molecular weight excluding hydrogens is 864 g/mol. The number of hydrogen-bond acceptors (Lipinski definition) is 15. The number of rotatable bonds is 12. The molecule has 1 aromatic rings. The second-order valence-corrected chi connectivity index (χ2v) is 20.4. The van der Waals surface area contributed by atoms with Gasteiger partial charge >= 0.3 is 12.0 Å². The minimum absolute atomic E-state index is 0.0970. The molecule has 0 unspecified atom stereocenters. The summed E-state index contributed by atoms with van der Waals surface area (Å²) < 4.78 is 38.0. The molecule has 17 nitrogen and oxygen atoms in total. The molecule has 18 heteroatoms. The van der Waals surface area contributed by atoms with Gasteiger partial charge in [-0.05, 0) is 112 Å². The Balaban J connectivity index is 1.74. The highest BCUT2D eigenvalue weighted by Crippen LogP contribution is 2.40. The smallest absolute Gasteiger partial charge is 0.319 e. The van der Waals surface area contributed by atoms with Gasteiger partial charge in [0.1, 0.15) is 30.0 Å². The third-order valence-electron chi connectivity index (χ3n) is 14.0. The number of amides is 2. The normalized spacial score (nSPS) is 41.8. The molecule has 7 N–H and O–H groups in total. The molecule has 3 aliphatic heterocycles. The van der Waals surface area contributed by atoms with Crippen molar-refractivity contribution in [3.8, 4) is 0 Å². The second-order valence-electron chi connectivity index (χ2n) is 20.0. The summed E-state index contributed by atoms with van der Waals surface area (Å²) >= 11 is 6.09. The number of aliphatic hydroxyl groups is 5. The number of cyclic esters (lactones) is 1. The van der Waals surface area contributed by atoms with Gasteiger partial charge in [-0.3, -0.25) is 9.69 Å². The molecule has 374 valence electrons. The number of urea groups is 1. The number of hydrogen-bond donors (Lipinski definition) is 7. The van der Waals surface area contributed by atoms with Crippen LogP contribution >= 0.6 is 11.6 Å². The average Bonchev–Trinajstić information content (AvgIpc) is 3.23. The van der Waals surface area contributed by atoms with Crippen LogP contribution in [0.3, 0.4) is 0 Å². The van der Waals surface area contributed by atoms with E-state index in [-0.39, 0.29) is 43.9 Å². The number of nitrogens with one attached hydrogen (secondary N) is 2. The fourth-order valence-corrected chi connectivity index (χ4v) is 10.3. The van der Waals surface area contributed by atoms with Gasteiger partial charge in [-0.2, -0.15) is 0 Å². The molecule has 2 amide bonds. The van der Waals surface area contributed by atoms with E-state index in [2.05, 4.69) is 10.6 Å². The van der Waals surface area contributed by atoms with E-state index in [9.17, 15) is 35.1 Å². The lowest BCUT2D eigenvalue weighted by Gasteiger charge is -2.48. The van der Waals surface area contributed by atoms with Crippen LogP contribution in [0, 0.1) is 17.8 Å². The topological polar surface area (TPSA) is 221 Å². The number of anilines is 1. The van der Waals surface area contributed by atoms with Crippen LogP contribution in [0.4, 0.5) is 10.5 Å². The van der Waals surface area contributed by atoms with Crippen molar-refractivity contribution in [3.63, 3.8) is 0 Å². The van der Waals surface area contributed by atoms with Gasteiger partial charge in [0.25, 0.3) is 0 Å². The molecule has 0 bridgehead atoms. The van der Waals surface area contributed by atoms with Crippen LogP contribution in [0.2, 0.25) is 5.02 Å². The van der Waals surface area contributed by atoms with Gasteiger partial charge in [0, 0.05) is 61.9 Å². The number of esters is 1. The maximum absolute atomic E-state index is 14.5. The molecule has 0 saturated carbocycles. The van der Waals surface area contributed by atoms with Crippen molar-refractivity contribution in [2.75, 3.05) is 46.2 Å². The molecule has 3 fully saturated rings. The summed E-state index contributed by atoms with van der Waals surface area (Å²) in [5.74, 6) is -2.90. The summed E-state index contributed by atoms with van der Waals surface area (Å²) in [5.41, 5.74) is -4.11. The molecule has 0 radical (unpaired) electrons. The summed E-state index contributed by atoms with van der Waals surface area (Å²) in [6, 6.07) is 5.38. The zero-order valence-corrected chi connectivity index (χ0v) is 41.7. The molecule has 18 atom stereocenters. The van der Waals surface area contributed by atoms with E-state index in [1.807, 2.05) is 37.7 Å². The minimum Gasteiger partial charge on any atom is -0.459 e. The first kappa shape index (κ1) is 55.4. The Kier molecular flexibility index (Phi) is 19.9. The Morgan fingerprint density at radius 1 is 1.00 bits per heavy atom. The molecule has 0 aromatic heterocycles. The number of carbonyl (C=O) groups excluding carboxylic acids is 2. The van der Waals surface area contributed by atoms with Crippen molar-refractivity contribution in [2.45, 2.75) is 192 Å². The Labute approximate surface area is 391 Å². The summed E-state index contributed by atoms with van der Waals surface area (Å²) in [6.45, 7) is 18.4. The molecule has 3 saturated heterocycles. The van der Waals surface area contributed by atoms with E-state index in [1.165, 1.54) is 14.0 Å². The SMILES string of the molecule is CC[C@H]1OC(=O)[C@H](C)[C@@H](O[C@H]2C[C@@](C)(OC)[C@@H](O)[C@H](C)O2)[C@H](C)[C@@H](O[C@@H]2O[C@H](C)C[C@H](N(C)C)[C@H]2O)[C@](C)(O)C[C@@H](C)CN(CCCNC(=O)Nc2cccc(Cl)c2)[C@H](C)[C@@H](O)[C@]1(C)O. The minimum atomic E-state index is -1.92. The quantitative estimate of drug-likeness (QED) is 0.116. The molecular formula is C47H81ClN4O13.